The molecule has 1 rings (SSSR count). The Morgan fingerprint density at radius 2 is 1.92 bits per heavy atom. The van der Waals surface area contributed by atoms with Crippen molar-refractivity contribution >= 4 is 0 Å². The zero-order chi connectivity index (χ0) is 10.3. The molecule has 0 aromatic heterocycles. The van der Waals surface area contributed by atoms with Crippen molar-refractivity contribution in [2.24, 2.45) is 0 Å². The van der Waals surface area contributed by atoms with Crippen molar-refractivity contribution in [3.8, 4) is 0 Å². The third-order valence-corrected chi connectivity index (χ3v) is 2.06. The monoisotopic (exact) mass is 186 g/mol. The van der Waals surface area contributed by atoms with Gasteiger partial charge in [-0.25, -0.2) is 0 Å². The largest absolute Gasteiger partial charge is 0.388 e. The summed E-state index contributed by atoms with van der Waals surface area (Å²) in [7, 11) is 0. The van der Waals surface area contributed by atoms with Gasteiger partial charge in [0.1, 0.15) is 12.2 Å². The second-order valence-electron chi connectivity index (χ2n) is 4.41. The minimum absolute atomic E-state index is 0.241. The van der Waals surface area contributed by atoms with Crippen molar-refractivity contribution in [2.45, 2.75) is 51.3 Å². The predicted octanol–water partition coefficient (Wildman–Crippen LogP) is 1.46. The summed E-state index contributed by atoms with van der Waals surface area (Å²) in [4.78, 5) is 0. The van der Waals surface area contributed by atoms with E-state index in [1.807, 2.05) is 13.8 Å². The highest BCUT2D eigenvalue weighted by Gasteiger charge is 2.46. The highest BCUT2D eigenvalue weighted by Crippen LogP contribution is 2.34. The predicted molar refractivity (Wildman–Crippen MR) is 50.3 cm³/mol. The van der Waals surface area contributed by atoms with Gasteiger partial charge >= 0.3 is 0 Å². The molecule has 1 aliphatic heterocycles. The molecule has 0 unspecified atom stereocenters. The molecule has 0 radical (unpaired) electrons. The lowest BCUT2D eigenvalue weighted by molar-refractivity contribution is -0.164. The van der Waals surface area contributed by atoms with Gasteiger partial charge in [0, 0.05) is 0 Å². The lowest BCUT2D eigenvalue weighted by Gasteiger charge is -2.27. The van der Waals surface area contributed by atoms with E-state index in [2.05, 4.69) is 6.58 Å². The topological polar surface area (TPSA) is 38.7 Å². The standard InChI is InChI=1S/C10H18O3/c1-6-7-8(9(2,3)11)13-10(4,5)12-7/h6-8,11H,1H2,2-5H3/t7-,8-/m1/s1. The fraction of sp³-hybridized carbons (Fsp3) is 0.800. The number of ether oxygens (including phenoxy) is 2. The molecule has 1 fully saturated rings. The maximum absolute atomic E-state index is 9.80. The van der Waals surface area contributed by atoms with Gasteiger partial charge < -0.3 is 14.6 Å². The summed E-state index contributed by atoms with van der Waals surface area (Å²) >= 11 is 0. The van der Waals surface area contributed by atoms with Gasteiger partial charge in [-0.2, -0.15) is 0 Å². The summed E-state index contributed by atoms with van der Waals surface area (Å²) in [6.45, 7) is 10.7. The first kappa shape index (κ1) is 10.7. The summed E-state index contributed by atoms with van der Waals surface area (Å²) in [6.07, 6.45) is 1.08. The Hall–Kier alpha value is -0.380. The molecule has 1 saturated heterocycles. The third-order valence-electron chi connectivity index (χ3n) is 2.06. The summed E-state index contributed by atoms with van der Waals surface area (Å²) in [5, 5.41) is 9.80. The van der Waals surface area contributed by atoms with Crippen molar-refractivity contribution in [1.29, 1.82) is 0 Å². The molecule has 3 nitrogen and oxygen atoms in total. The fourth-order valence-corrected chi connectivity index (χ4v) is 1.51. The average molecular weight is 186 g/mol. The molecule has 76 valence electrons. The summed E-state index contributed by atoms with van der Waals surface area (Å²) in [5.74, 6) is -0.635. The molecule has 1 heterocycles. The van der Waals surface area contributed by atoms with Gasteiger partial charge in [-0.1, -0.05) is 6.08 Å². The SMILES string of the molecule is C=C[C@H]1OC(C)(C)O[C@H]1C(C)(C)O. The first-order chi connectivity index (χ1) is 5.76. The molecule has 0 amide bonds. The van der Waals surface area contributed by atoms with Crippen LogP contribution in [0.15, 0.2) is 12.7 Å². The molecule has 3 heteroatoms. The van der Waals surface area contributed by atoms with E-state index in [4.69, 9.17) is 9.47 Å². The Bertz CT molecular complexity index is 203. The summed E-state index contributed by atoms with van der Waals surface area (Å²) in [5.41, 5.74) is -0.910. The van der Waals surface area contributed by atoms with Crippen LogP contribution in [0.4, 0.5) is 0 Å². The molecular weight excluding hydrogens is 168 g/mol. The average Bonchev–Trinajstić information content (AvgIpc) is 2.24. The van der Waals surface area contributed by atoms with Crippen LogP contribution in [0.3, 0.4) is 0 Å². The maximum atomic E-state index is 9.80. The lowest BCUT2D eigenvalue weighted by Crippen LogP contribution is -2.42. The molecule has 0 aromatic rings. The van der Waals surface area contributed by atoms with E-state index in [0.29, 0.717) is 0 Å². The van der Waals surface area contributed by atoms with Gasteiger partial charge in [0.15, 0.2) is 5.79 Å². The second kappa shape index (κ2) is 3.08. The second-order valence-corrected chi connectivity index (χ2v) is 4.41. The maximum Gasteiger partial charge on any atom is 0.164 e. The van der Waals surface area contributed by atoms with Crippen LogP contribution in [0.1, 0.15) is 27.7 Å². The lowest BCUT2D eigenvalue weighted by atomic mass is 9.97. The van der Waals surface area contributed by atoms with E-state index in [0.717, 1.165) is 0 Å². The Morgan fingerprint density at radius 3 is 2.23 bits per heavy atom. The molecule has 13 heavy (non-hydrogen) atoms. The summed E-state index contributed by atoms with van der Waals surface area (Å²) < 4.78 is 11.1. The van der Waals surface area contributed by atoms with Crippen molar-refractivity contribution < 1.29 is 14.6 Å². The van der Waals surface area contributed by atoms with Crippen molar-refractivity contribution in [3.63, 3.8) is 0 Å². The van der Waals surface area contributed by atoms with Crippen LogP contribution in [0.5, 0.6) is 0 Å². The molecule has 0 aromatic carbocycles. The minimum atomic E-state index is -0.910. The molecule has 0 bridgehead atoms. The minimum Gasteiger partial charge on any atom is -0.388 e. The Kier molecular flexibility index (Phi) is 2.54. The highest BCUT2D eigenvalue weighted by molar-refractivity contribution is 4.99. The highest BCUT2D eigenvalue weighted by atomic mass is 16.8. The molecule has 0 saturated carbocycles. The van der Waals surface area contributed by atoms with Crippen molar-refractivity contribution in [2.75, 3.05) is 0 Å². The number of rotatable bonds is 2. The summed E-state index contributed by atoms with van der Waals surface area (Å²) in [6, 6.07) is 0. The van der Waals surface area contributed by atoms with Crippen LogP contribution in [-0.4, -0.2) is 28.7 Å². The van der Waals surface area contributed by atoms with E-state index in [1.165, 1.54) is 0 Å². The normalized spacial score (nSPS) is 33.3. The Balaban J connectivity index is 2.81. The van der Waals surface area contributed by atoms with E-state index < -0.39 is 11.4 Å². The van der Waals surface area contributed by atoms with Crippen molar-refractivity contribution in [1.82, 2.24) is 0 Å². The smallest absolute Gasteiger partial charge is 0.164 e. The van der Waals surface area contributed by atoms with E-state index in [-0.39, 0.29) is 12.2 Å². The zero-order valence-electron chi connectivity index (χ0n) is 8.70. The van der Waals surface area contributed by atoms with E-state index in [1.54, 1.807) is 19.9 Å². The van der Waals surface area contributed by atoms with E-state index in [9.17, 15) is 5.11 Å². The van der Waals surface area contributed by atoms with Gasteiger partial charge in [0.2, 0.25) is 0 Å². The van der Waals surface area contributed by atoms with Crippen molar-refractivity contribution in [3.05, 3.63) is 12.7 Å². The van der Waals surface area contributed by atoms with Gasteiger partial charge in [0.05, 0.1) is 5.60 Å². The van der Waals surface area contributed by atoms with Crippen LogP contribution >= 0.6 is 0 Å². The first-order valence-electron chi connectivity index (χ1n) is 4.47. The van der Waals surface area contributed by atoms with Gasteiger partial charge in [-0.05, 0) is 27.7 Å². The first-order valence-corrected chi connectivity index (χ1v) is 4.47. The molecule has 1 aliphatic rings. The number of aliphatic hydroxyl groups is 1. The molecule has 0 aliphatic carbocycles. The number of hydrogen-bond acceptors (Lipinski definition) is 3. The van der Waals surface area contributed by atoms with Gasteiger partial charge in [-0.15, -0.1) is 6.58 Å². The van der Waals surface area contributed by atoms with Crippen LogP contribution in [-0.2, 0) is 9.47 Å². The molecule has 0 spiro atoms. The molecule has 1 N–H and O–H groups in total. The fourth-order valence-electron chi connectivity index (χ4n) is 1.51. The van der Waals surface area contributed by atoms with Crippen LogP contribution in [0.25, 0.3) is 0 Å². The van der Waals surface area contributed by atoms with Crippen LogP contribution in [0.2, 0.25) is 0 Å². The third kappa shape index (κ3) is 2.30. The number of hydrogen-bond donors (Lipinski definition) is 1. The Labute approximate surface area is 79.3 Å². The van der Waals surface area contributed by atoms with Crippen LogP contribution < -0.4 is 0 Å². The van der Waals surface area contributed by atoms with Gasteiger partial charge in [-0.3, -0.25) is 0 Å². The van der Waals surface area contributed by atoms with E-state index >= 15 is 0 Å². The molecule has 2 atom stereocenters. The van der Waals surface area contributed by atoms with Crippen LogP contribution in [0, 0.1) is 0 Å². The zero-order valence-corrected chi connectivity index (χ0v) is 8.70. The quantitative estimate of drug-likeness (QED) is 0.664. The molecular formula is C10H18O3. The van der Waals surface area contributed by atoms with Gasteiger partial charge in [0.25, 0.3) is 0 Å². The Morgan fingerprint density at radius 1 is 1.38 bits per heavy atom.